The number of rotatable bonds is 1. The summed E-state index contributed by atoms with van der Waals surface area (Å²) in [6.45, 7) is 2.15. The molecule has 1 aliphatic heterocycles. The fraction of sp³-hybridized carbons (Fsp3) is 0.200. The molecule has 2 atom stereocenters. The molecule has 0 unspecified atom stereocenters. The third-order valence-electron chi connectivity index (χ3n) is 7.13. The standard InChI is InChI=1S/C25H18BrNO2/c1-25-18-8-4-2-6-16(18)20(17-7-3-5-9-19(17)25)21-22(25)24(29)27(23(21)28)15-12-10-14(26)11-13-15/h2-13,20-22H,1H3/t20?,21-,22-,25?/m1/s1. The highest BCUT2D eigenvalue weighted by Crippen LogP contribution is 2.64. The number of carbonyl (C=O) groups excluding carboxylic acids is 2. The molecule has 3 nitrogen and oxygen atoms in total. The summed E-state index contributed by atoms with van der Waals surface area (Å²) in [6.07, 6.45) is 0. The van der Waals surface area contributed by atoms with E-state index in [0.29, 0.717) is 5.69 Å². The molecule has 4 heteroatoms. The van der Waals surface area contributed by atoms with Gasteiger partial charge in [0.15, 0.2) is 0 Å². The number of halogens is 1. The summed E-state index contributed by atoms with van der Waals surface area (Å²) in [5.74, 6) is -0.984. The second kappa shape index (κ2) is 5.67. The highest BCUT2D eigenvalue weighted by atomic mass is 79.9. The number of carbonyl (C=O) groups is 2. The molecule has 142 valence electrons. The Morgan fingerprint density at radius 3 is 1.93 bits per heavy atom. The summed E-state index contributed by atoms with van der Waals surface area (Å²) in [6, 6.07) is 24.1. The minimum absolute atomic E-state index is 0.0777. The molecule has 0 spiro atoms. The number of anilines is 1. The van der Waals surface area contributed by atoms with Crippen molar-refractivity contribution in [3.05, 3.63) is 99.5 Å². The summed E-state index contributed by atoms with van der Waals surface area (Å²) in [4.78, 5) is 28.8. The molecule has 0 N–H and O–H groups in total. The summed E-state index contributed by atoms with van der Waals surface area (Å²) in [7, 11) is 0. The second-order valence-electron chi connectivity index (χ2n) is 8.35. The van der Waals surface area contributed by atoms with Crippen molar-refractivity contribution in [2.45, 2.75) is 18.3 Å². The molecule has 0 aromatic heterocycles. The normalized spacial score (nSPS) is 28.9. The largest absolute Gasteiger partial charge is 0.274 e. The zero-order chi connectivity index (χ0) is 19.9. The Balaban J connectivity index is 1.61. The smallest absolute Gasteiger partial charge is 0.238 e. The van der Waals surface area contributed by atoms with Crippen LogP contribution in [-0.4, -0.2) is 11.8 Å². The maximum Gasteiger partial charge on any atom is 0.238 e. The summed E-state index contributed by atoms with van der Waals surface area (Å²) in [5, 5.41) is 0. The van der Waals surface area contributed by atoms with E-state index < -0.39 is 5.41 Å². The van der Waals surface area contributed by atoms with E-state index >= 15 is 0 Å². The lowest BCUT2D eigenvalue weighted by atomic mass is 9.48. The zero-order valence-electron chi connectivity index (χ0n) is 15.8. The molecule has 1 heterocycles. The molecule has 0 radical (unpaired) electrons. The second-order valence-corrected chi connectivity index (χ2v) is 9.26. The Morgan fingerprint density at radius 1 is 0.793 bits per heavy atom. The molecule has 4 aliphatic rings. The van der Waals surface area contributed by atoms with Crippen LogP contribution in [0.15, 0.2) is 77.3 Å². The number of hydrogen-bond acceptors (Lipinski definition) is 2. The number of imide groups is 1. The Hall–Kier alpha value is -2.72. The minimum atomic E-state index is -0.510. The molecule has 3 aromatic carbocycles. The van der Waals surface area contributed by atoms with Gasteiger partial charge in [0.2, 0.25) is 11.8 Å². The van der Waals surface area contributed by atoms with Gasteiger partial charge < -0.3 is 0 Å². The van der Waals surface area contributed by atoms with Crippen LogP contribution < -0.4 is 4.90 Å². The SMILES string of the molecule is CC12c3ccccc3C(c3ccccc31)[C@H]1C(=O)N(c3ccc(Br)cc3)C(=O)[C@@H]12. The van der Waals surface area contributed by atoms with Crippen LogP contribution in [0.4, 0.5) is 5.69 Å². The molecule has 1 saturated heterocycles. The third kappa shape index (κ3) is 1.98. The van der Waals surface area contributed by atoms with Crippen LogP contribution in [0.25, 0.3) is 0 Å². The van der Waals surface area contributed by atoms with Crippen LogP contribution in [0, 0.1) is 11.8 Å². The maximum atomic E-state index is 13.7. The van der Waals surface area contributed by atoms with Gasteiger partial charge in [0.05, 0.1) is 17.5 Å². The lowest BCUT2D eigenvalue weighted by molar-refractivity contribution is -0.123. The highest BCUT2D eigenvalue weighted by molar-refractivity contribution is 9.10. The van der Waals surface area contributed by atoms with Crippen molar-refractivity contribution >= 4 is 33.4 Å². The molecular weight excluding hydrogens is 426 g/mol. The molecule has 2 bridgehead atoms. The van der Waals surface area contributed by atoms with Gasteiger partial charge in [0.25, 0.3) is 0 Å². The van der Waals surface area contributed by atoms with Gasteiger partial charge in [-0.05, 0) is 46.5 Å². The van der Waals surface area contributed by atoms with E-state index in [2.05, 4.69) is 47.1 Å². The first-order valence-electron chi connectivity index (χ1n) is 9.85. The molecule has 3 aromatic rings. The number of amides is 2. The molecule has 0 saturated carbocycles. The predicted octanol–water partition coefficient (Wildman–Crippen LogP) is 5.02. The lowest BCUT2D eigenvalue weighted by Gasteiger charge is -2.52. The third-order valence-corrected chi connectivity index (χ3v) is 7.66. The van der Waals surface area contributed by atoms with Crippen LogP contribution in [0.3, 0.4) is 0 Å². The quantitative estimate of drug-likeness (QED) is 0.495. The van der Waals surface area contributed by atoms with E-state index in [-0.39, 0.29) is 29.6 Å². The van der Waals surface area contributed by atoms with Crippen molar-refractivity contribution < 1.29 is 9.59 Å². The van der Waals surface area contributed by atoms with Crippen molar-refractivity contribution in [3.63, 3.8) is 0 Å². The predicted molar refractivity (Wildman–Crippen MR) is 115 cm³/mol. The van der Waals surface area contributed by atoms with Gasteiger partial charge in [-0.15, -0.1) is 0 Å². The minimum Gasteiger partial charge on any atom is -0.274 e. The van der Waals surface area contributed by atoms with Gasteiger partial charge in [0.1, 0.15) is 0 Å². The average molecular weight is 444 g/mol. The average Bonchev–Trinajstić information content (AvgIpc) is 3.01. The summed E-state index contributed by atoms with van der Waals surface area (Å²) in [5.41, 5.74) is 4.88. The van der Waals surface area contributed by atoms with Crippen LogP contribution in [-0.2, 0) is 15.0 Å². The molecule has 2 amide bonds. The van der Waals surface area contributed by atoms with Crippen LogP contribution in [0.1, 0.15) is 35.1 Å². The van der Waals surface area contributed by atoms with E-state index in [4.69, 9.17) is 0 Å². The molecule has 3 aliphatic carbocycles. The summed E-state index contributed by atoms with van der Waals surface area (Å²) < 4.78 is 0.921. The van der Waals surface area contributed by atoms with E-state index in [0.717, 1.165) is 4.47 Å². The molecule has 1 fully saturated rings. The number of nitrogens with zero attached hydrogens (tertiary/aromatic N) is 1. The van der Waals surface area contributed by atoms with Crippen LogP contribution in [0.2, 0.25) is 0 Å². The summed E-state index contributed by atoms with van der Waals surface area (Å²) >= 11 is 3.43. The number of benzene rings is 3. The highest BCUT2D eigenvalue weighted by Gasteiger charge is 2.66. The van der Waals surface area contributed by atoms with Gasteiger partial charge in [-0.1, -0.05) is 71.4 Å². The van der Waals surface area contributed by atoms with E-state index in [1.807, 2.05) is 48.5 Å². The first-order valence-corrected chi connectivity index (χ1v) is 10.6. The maximum absolute atomic E-state index is 13.7. The number of hydrogen-bond donors (Lipinski definition) is 0. The Morgan fingerprint density at radius 2 is 1.34 bits per heavy atom. The Labute approximate surface area is 177 Å². The van der Waals surface area contributed by atoms with Crippen molar-refractivity contribution in [2.24, 2.45) is 11.8 Å². The van der Waals surface area contributed by atoms with Gasteiger partial charge in [0, 0.05) is 15.8 Å². The molecule has 29 heavy (non-hydrogen) atoms. The van der Waals surface area contributed by atoms with Crippen LogP contribution in [0.5, 0.6) is 0 Å². The topological polar surface area (TPSA) is 37.4 Å². The first-order chi connectivity index (χ1) is 14.0. The van der Waals surface area contributed by atoms with Crippen molar-refractivity contribution in [1.29, 1.82) is 0 Å². The van der Waals surface area contributed by atoms with Gasteiger partial charge in [-0.2, -0.15) is 0 Å². The Bertz CT molecular complexity index is 1150. The molecule has 7 rings (SSSR count). The van der Waals surface area contributed by atoms with E-state index in [9.17, 15) is 9.59 Å². The fourth-order valence-corrected chi connectivity index (χ4v) is 6.26. The van der Waals surface area contributed by atoms with Crippen molar-refractivity contribution in [2.75, 3.05) is 4.90 Å². The first kappa shape index (κ1) is 17.2. The van der Waals surface area contributed by atoms with Gasteiger partial charge >= 0.3 is 0 Å². The fourth-order valence-electron chi connectivity index (χ4n) is 6.00. The monoisotopic (exact) mass is 443 g/mol. The van der Waals surface area contributed by atoms with Crippen molar-refractivity contribution in [3.8, 4) is 0 Å². The lowest BCUT2D eigenvalue weighted by Crippen LogP contribution is -2.51. The van der Waals surface area contributed by atoms with Crippen LogP contribution >= 0.6 is 15.9 Å². The van der Waals surface area contributed by atoms with E-state index in [1.165, 1.54) is 27.2 Å². The van der Waals surface area contributed by atoms with Gasteiger partial charge in [-0.3, -0.25) is 9.59 Å². The zero-order valence-corrected chi connectivity index (χ0v) is 17.4. The Kier molecular flexibility index (Phi) is 3.35. The van der Waals surface area contributed by atoms with Gasteiger partial charge in [-0.25, -0.2) is 4.90 Å². The molecular formula is C25H18BrNO2. The van der Waals surface area contributed by atoms with Crippen molar-refractivity contribution in [1.82, 2.24) is 0 Å². The van der Waals surface area contributed by atoms with E-state index in [1.54, 1.807) is 0 Å².